The summed E-state index contributed by atoms with van der Waals surface area (Å²) < 4.78 is 36.8. The third kappa shape index (κ3) is 4.78. The van der Waals surface area contributed by atoms with Gasteiger partial charge >= 0.3 is 6.18 Å². The van der Waals surface area contributed by atoms with Crippen molar-refractivity contribution in [2.24, 2.45) is 0 Å². The van der Waals surface area contributed by atoms with E-state index in [2.05, 4.69) is 10.3 Å². The second-order valence-corrected chi connectivity index (χ2v) is 5.04. The normalized spacial score (nSPS) is 11.2. The first-order valence-electron chi connectivity index (χ1n) is 5.97. The first-order chi connectivity index (χ1) is 9.96. The van der Waals surface area contributed by atoms with Gasteiger partial charge < -0.3 is 5.32 Å². The average Bonchev–Trinajstić information content (AvgIpc) is 2.46. The Bertz CT molecular complexity index is 617. The van der Waals surface area contributed by atoms with E-state index >= 15 is 0 Å². The zero-order valence-electron chi connectivity index (χ0n) is 10.7. The second-order valence-electron chi connectivity index (χ2n) is 4.08. The highest BCUT2D eigenvalue weighted by Gasteiger charge is 2.28. The minimum absolute atomic E-state index is 0.0586. The van der Waals surface area contributed by atoms with Crippen LogP contribution in [-0.4, -0.2) is 22.8 Å². The first-order valence-corrected chi connectivity index (χ1v) is 6.95. The minimum atomic E-state index is -4.31. The Morgan fingerprint density at radius 3 is 2.52 bits per heavy atom. The largest absolute Gasteiger partial charge is 0.398 e. The first kappa shape index (κ1) is 15.4. The van der Waals surface area contributed by atoms with Gasteiger partial charge in [-0.1, -0.05) is 30.0 Å². The number of hydrogen-bond acceptors (Lipinski definition) is 3. The molecule has 0 spiro atoms. The predicted octanol–water partition coefficient (Wildman–Crippen LogP) is 3.99. The van der Waals surface area contributed by atoms with Crippen LogP contribution in [0.25, 0.3) is 0 Å². The third-order valence-electron chi connectivity index (χ3n) is 2.42. The summed E-state index contributed by atoms with van der Waals surface area (Å²) in [6, 6.07) is 11.6. The van der Waals surface area contributed by atoms with Gasteiger partial charge in [-0.05, 0) is 24.3 Å². The number of halogens is 3. The van der Waals surface area contributed by atoms with Crippen molar-refractivity contribution in [2.75, 3.05) is 11.1 Å². The molecule has 0 aliphatic carbocycles. The van der Waals surface area contributed by atoms with Gasteiger partial charge in [-0.3, -0.25) is 4.79 Å². The molecular formula is C14H11F3N2OS. The van der Waals surface area contributed by atoms with Crippen LogP contribution < -0.4 is 5.32 Å². The Labute approximate surface area is 123 Å². The number of aromatic nitrogens is 1. The quantitative estimate of drug-likeness (QED) is 0.868. The zero-order chi connectivity index (χ0) is 15.3. The van der Waals surface area contributed by atoms with E-state index in [0.717, 1.165) is 0 Å². The molecule has 1 aromatic heterocycles. The molecule has 1 heterocycles. The van der Waals surface area contributed by atoms with E-state index in [1.165, 1.54) is 18.3 Å². The molecule has 21 heavy (non-hydrogen) atoms. The number of anilines is 1. The number of carbonyl (C=O) groups is 1. The molecular weight excluding hydrogens is 301 g/mol. The lowest BCUT2D eigenvalue weighted by Gasteiger charge is -2.10. The molecule has 0 aliphatic heterocycles. The van der Waals surface area contributed by atoms with E-state index in [4.69, 9.17) is 0 Å². The fourth-order valence-corrected chi connectivity index (χ4v) is 2.30. The third-order valence-corrected chi connectivity index (χ3v) is 3.49. The lowest BCUT2D eigenvalue weighted by Crippen LogP contribution is -2.15. The highest BCUT2D eigenvalue weighted by Crippen LogP contribution is 2.28. The molecule has 2 aromatic rings. The summed E-state index contributed by atoms with van der Waals surface area (Å²) in [5.41, 5.74) is 0.689. The number of para-hydroxylation sites is 1. The fraction of sp³-hybridized carbons (Fsp3) is 0.143. The van der Waals surface area contributed by atoms with Crippen molar-refractivity contribution in [3.05, 3.63) is 54.2 Å². The molecule has 0 bridgehead atoms. The van der Waals surface area contributed by atoms with Crippen LogP contribution in [0.5, 0.6) is 0 Å². The minimum Gasteiger partial charge on any atom is -0.322 e. The summed E-state index contributed by atoms with van der Waals surface area (Å²) in [6.07, 6.45) is -2.95. The average molecular weight is 312 g/mol. The number of benzene rings is 1. The van der Waals surface area contributed by atoms with E-state index in [1.807, 2.05) is 0 Å². The maximum Gasteiger partial charge on any atom is 0.398 e. The molecule has 3 nitrogen and oxygen atoms in total. The smallest absolute Gasteiger partial charge is 0.322 e. The molecule has 1 aromatic carbocycles. The molecule has 0 fully saturated rings. The van der Waals surface area contributed by atoms with Gasteiger partial charge in [0.2, 0.25) is 0 Å². The monoisotopic (exact) mass is 312 g/mol. The Balaban J connectivity index is 2.14. The molecule has 110 valence electrons. The number of thioether (sulfide) groups is 1. The van der Waals surface area contributed by atoms with Crippen molar-refractivity contribution in [3.8, 4) is 0 Å². The van der Waals surface area contributed by atoms with Crippen LogP contribution in [0.15, 0.2) is 53.7 Å². The predicted molar refractivity (Wildman–Crippen MR) is 75.4 cm³/mol. The van der Waals surface area contributed by atoms with Gasteiger partial charge in [0.15, 0.2) is 0 Å². The summed E-state index contributed by atoms with van der Waals surface area (Å²) >= 11 is 0.496. The van der Waals surface area contributed by atoms with Crippen LogP contribution in [0, 0.1) is 0 Å². The van der Waals surface area contributed by atoms with E-state index in [1.54, 1.807) is 30.3 Å². The number of carbonyl (C=O) groups excluding carboxylic acids is 1. The SMILES string of the molecule is O=C(Nc1ccccc1)c1cccnc1SCC(F)(F)F. The Kier molecular flexibility index (Phi) is 4.85. The zero-order valence-corrected chi connectivity index (χ0v) is 11.5. The van der Waals surface area contributed by atoms with Gasteiger partial charge in [0.1, 0.15) is 5.03 Å². The summed E-state index contributed by atoms with van der Waals surface area (Å²) in [5, 5.41) is 2.68. The number of pyridine rings is 1. The number of amides is 1. The van der Waals surface area contributed by atoms with Crippen molar-refractivity contribution in [1.82, 2.24) is 4.98 Å². The maximum absolute atomic E-state index is 12.3. The summed E-state index contributed by atoms with van der Waals surface area (Å²) in [7, 11) is 0. The van der Waals surface area contributed by atoms with Crippen molar-refractivity contribution in [3.63, 3.8) is 0 Å². The van der Waals surface area contributed by atoms with E-state index in [9.17, 15) is 18.0 Å². The van der Waals surface area contributed by atoms with Crippen LogP contribution in [-0.2, 0) is 0 Å². The summed E-state index contributed by atoms with van der Waals surface area (Å²) in [6.45, 7) is 0. The fourth-order valence-electron chi connectivity index (χ4n) is 1.55. The topological polar surface area (TPSA) is 42.0 Å². The van der Waals surface area contributed by atoms with Crippen molar-refractivity contribution < 1.29 is 18.0 Å². The van der Waals surface area contributed by atoms with Crippen molar-refractivity contribution in [2.45, 2.75) is 11.2 Å². The molecule has 0 saturated carbocycles. The Morgan fingerprint density at radius 1 is 1.14 bits per heavy atom. The number of nitrogens with zero attached hydrogens (tertiary/aromatic N) is 1. The van der Waals surface area contributed by atoms with Crippen LogP contribution in [0.3, 0.4) is 0 Å². The van der Waals surface area contributed by atoms with Gasteiger partial charge in [-0.25, -0.2) is 4.98 Å². The van der Waals surface area contributed by atoms with Gasteiger partial charge in [-0.2, -0.15) is 13.2 Å². The van der Waals surface area contributed by atoms with Crippen LogP contribution in [0.2, 0.25) is 0 Å². The Hall–Kier alpha value is -2.02. The summed E-state index contributed by atoms with van der Waals surface area (Å²) in [5.74, 6) is -1.57. The number of alkyl halides is 3. The standard InChI is InChI=1S/C14H11F3N2OS/c15-14(16,17)9-21-13-11(7-4-8-18-13)12(20)19-10-5-2-1-3-6-10/h1-8H,9H2,(H,19,20). The highest BCUT2D eigenvalue weighted by atomic mass is 32.2. The number of rotatable bonds is 4. The van der Waals surface area contributed by atoms with Crippen LogP contribution in [0.4, 0.5) is 18.9 Å². The number of nitrogens with one attached hydrogen (secondary N) is 1. The highest BCUT2D eigenvalue weighted by molar-refractivity contribution is 7.99. The molecule has 0 saturated heterocycles. The molecule has 7 heteroatoms. The van der Waals surface area contributed by atoms with E-state index < -0.39 is 17.8 Å². The van der Waals surface area contributed by atoms with Crippen LogP contribution in [0.1, 0.15) is 10.4 Å². The lowest BCUT2D eigenvalue weighted by atomic mass is 10.2. The van der Waals surface area contributed by atoms with Gasteiger partial charge in [0, 0.05) is 11.9 Å². The van der Waals surface area contributed by atoms with E-state index in [-0.39, 0.29) is 10.6 Å². The summed E-state index contributed by atoms with van der Waals surface area (Å²) in [4.78, 5) is 16.0. The Morgan fingerprint density at radius 2 is 1.86 bits per heavy atom. The van der Waals surface area contributed by atoms with Crippen molar-refractivity contribution in [1.29, 1.82) is 0 Å². The van der Waals surface area contributed by atoms with Crippen LogP contribution >= 0.6 is 11.8 Å². The van der Waals surface area contributed by atoms with Gasteiger partial charge in [0.05, 0.1) is 11.3 Å². The van der Waals surface area contributed by atoms with Crippen molar-refractivity contribution >= 4 is 23.4 Å². The second kappa shape index (κ2) is 6.62. The molecule has 0 radical (unpaired) electrons. The molecule has 1 N–H and O–H groups in total. The molecule has 1 amide bonds. The number of hydrogen-bond donors (Lipinski definition) is 1. The maximum atomic E-state index is 12.3. The molecule has 2 rings (SSSR count). The van der Waals surface area contributed by atoms with E-state index in [0.29, 0.717) is 17.4 Å². The molecule has 0 atom stereocenters. The van der Waals surface area contributed by atoms with Gasteiger partial charge in [0.25, 0.3) is 5.91 Å². The van der Waals surface area contributed by atoms with Gasteiger partial charge in [-0.15, -0.1) is 0 Å². The molecule has 0 unspecified atom stereocenters. The molecule has 0 aliphatic rings. The lowest BCUT2D eigenvalue weighted by molar-refractivity contribution is -0.105.